The van der Waals surface area contributed by atoms with E-state index in [1.807, 2.05) is 42.5 Å². The van der Waals surface area contributed by atoms with Crippen molar-refractivity contribution in [3.05, 3.63) is 76.1 Å². The van der Waals surface area contributed by atoms with Gasteiger partial charge in [0.1, 0.15) is 11.3 Å². The Morgan fingerprint density at radius 3 is 2.56 bits per heavy atom. The molecule has 1 aromatic heterocycles. The van der Waals surface area contributed by atoms with Crippen LogP contribution in [0.2, 0.25) is 0 Å². The summed E-state index contributed by atoms with van der Waals surface area (Å²) in [4.78, 5) is 25.1. The smallest absolute Gasteiger partial charge is 0.348 e. The zero-order valence-electron chi connectivity index (χ0n) is 13.6. The molecule has 0 amide bonds. The first kappa shape index (κ1) is 15.4. The molecule has 3 aromatic rings. The number of rotatable bonds is 3. The fourth-order valence-electron chi connectivity index (χ4n) is 3.29. The summed E-state index contributed by atoms with van der Waals surface area (Å²) in [6, 6.07) is 16.5. The highest BCUT2D eigenvalue weighted by molar-refractivity contribution is 5.88. The fourth-order valence-corrected chi connectivity index (χ4v) is 3.29. The average molecular weight is 336 g/mol. The Hall–Kier alpha value is -3.08. The number of esters is 1. The van der Waals surface area contributed by atoms with E-state index in [0.29, 0.717) is 22.3 Å². The topological polar surface area (TPSA) is 65.7 Å². The normalized spacial score (nSPS) is 18.6. The molecule has 0 fully saturated rings. The number of carbonyl (C=O) groups is 1. The summed E-state index contributed by atoms with van der Waals surface area (Å²) < 4.78 is 16.6. The molecule has 2 aromatic carbocycles. The van der Waals surface area contributed by atoms with Gasteiger partial charge in [0.05, 0.1) is 23.5 Å². The monoisotopic (exact) mass is 336 g/mol. The van der Waals surface area contributed by atoms with Crippen molar-refractivity contribution in [3.63, 3.8) is 0 Å². The quantitative estimate of drug-likeness (QED) is 0.542. The van der Waals surface area contributed by atoms with E-state index < -0.39 is 23.6 Å². The number of benzene rings is 2. The second-order valence-corrected chi connectivity index (χ2v) is 5.81. The zero-order valence-corrected chi connectivity index (χ0v) is 13.6. The molecule has 5 nitrogen and oxygen atoms in total. The van der Waals surface area contributed by atoms with Gasteiger partial charge in [-0.15, -0.1) is 0 Å². The minimum Gasteiger partial charge on any atom is -0.476 e. The lowest BCUT2D eigenvalue weighted by Gasteiger charge is -2.17. The van der Waals surface area contributed by atoms with Crippen molar-refractivity contribution in [3.8, 4) is 5.75 Å². The maximum Gasteiger partial charge on any atom is 0.348 e. The van der Waals surface area contributed by atoms with Crippen LogP contribution < -0.4 is 10.4 Å². The van der Waals surface area contributed by atoms with Crippen molar-refractivity contribution >= 4 is 16.9 Å². The Balaban J connectivity index is 1.96. The lowest BCUT2D eigenvalue weighted by molar-refractivity contribution is -0.151. The maximum absolute atomic E-state index is 12.6. The van der Waals surface area contributed by atoms with Crippen molar-refractivity contribution < 1.29 is 18.7 Å². The third kappa shape index (κ3) is 2.48. The van der Waals surface area contributed by atoms with Crippen molar-refractivity contribution in [2.75, 3.05) is 6.61 Å². The Bertz CT molecular complexity index is 990. The molecule has 4 rings (SSSR count). The van der Waals surface area contributed by atoms with Crippen LogP contribution in [0.3, 0.4) is 0 Å². The van der Waals surface area contributed by atoms with Crippen molar-refractivity contribution in [1.29, 1.82) is 0 Å². The molecule has 25 heavy (non-hydrogen) atoms. The molecule has 1 aliphatic rings. The Morgan fingerprint density at radius 1 is 1.08 bits per heavy atom. The molecule has 0 saturated carbocycles. The zero-order chi connectivity index (χ0) is 17.4. The number of hydrogen-bond donors (Lipinski definition) is 0. The van der Waals surface area contributed by atoms with Crippen molar-refractivity contribution in [2.45, 2.75) is 18.9 Å². The van der Waals surface area contributed by atoms with E-state index in [2.05, 4.69) is 0 Å². The SMILES string of the molecule is CCOC(=O)[C@H]1Oc2c(c(=O)oc3ccccc23)[C@@H]1c1ccccc1. The van der Waals surface area contributed by atoms with Gasteiger partial charge in [0.25, 0.3) is 0 Å². The number of ether oxygens (including phenoxy) is 2. The number of carbonyl (C=O) groups excluding carboxylic acids is 1. The number of hydrogen-bond acceptors (Lipinski definition) is 5. The molecule has 0 unspecified atom stereocenters. The number of para-hydroxylation sites is 1. The first-order chi connectivity index (χ1) is 12.2. The third-order valence-electron chi connectivity index (χ3n) is 4.34. The molecule has 0 bridgehead atoms. The second-order valence-electron chi connectivity index (χ2n) is 5.81. The van der Waals surface area contributed by atoms with E-state index in [-0.39, 0.29) is 6.61 Å². The highest BCUT2D eigenvalue weighted by Gasteiger charge is 2.44. The molecule has 0 radical (unpaired) electrons. The van der Waals surface area contributed by atoms with E-state index in [1.165, 1.54) is 0 Å². The first-order valence-electron chi connectivity index (χ1n) is 8.14. The summed E-state index contributed by atoms with van der Waals surface area (Å²) in [5.74, 6) is -0.647. The summed E-state index contributed by atoms with van der Waals surface area (Å²) in [5.41, 5.74) is 1.11. The summed E-state index contributed by atoms with van der Waals surface area (Å²) in [7, 11) is 0. The Kier molecular flexibility index (Phi) is 3.76. The lowest BCUT2D eigenvalue weighted by atomic mass is 9.88. The molecule has 126 valence electrons. The van der Waals surface area contributed by atoms with Crippen LogP contribution >= 0.6 is 0 Å². The molecular formula is C20H16O5. The van der Waals surface area contributed by atoms with Gasteiger partial charge in [-0.1, -0.05) is 42.5 Å². The van der Waals surface area contributed by atoms with Crippen LogP contribution in [-0.4, -0.2) is 18.7 Å². The van der Waals surface area contributed by atoms with Crippen molar-refractivity contribution in [2.24, 2.45) is 0 Å². The minimum absolute atomic E-state index is 0.242. The van der Waals surface area contributed by atoms with Crippen LogP contribution in [-0.2, 0) is 9.53 Å². The van der Waals surface area contributed by atoms with Gasteiger partial charge in [0.2, 0.25) is 6.10 Å². The molecule has 0 N–H and O–H groups in total. The predicted octanol–water partition coefficient (Wildman–Crippen LogP) is 3.25. The van der Waals surface area contributed by atoms with E-state index >= 15 is 0 Å². The Labute approximate surface area is 143 Å². The van der Waals surface area contributed by atoms with E-state index in [0.717, 1.165) is 5.56 Å². The molecular weight excluding hydrogens is 320 g/mol. The van der Waals surface area contributed by atoms with Gasteiger partial charge in [-0.25, -0.2) is 9.59 Å². The van der Waals surface area contributed by atoms with Gasteiger partial charge in [-0.2, -0.15) is 0 Å². The Morgan fingerprint density at radius 2 is 1.80 bits per heavy atom. The average Bonchev–Trinajstić information content (AvgIpc) is 3.04. The molecule has 2 atom stereocenters. The third-order valence-corrected chi connectivity index (χ3v) is 4.34. The predicted molar refractivity (Wildman–Crippen MR) is 91.8 cm³/mol. The first-order valence-corrected chi connectivity index (χ1v) is 8.14. The van der Waals surface area contributed by atoms with Crippen LogP contribution in [0.5, 0.6) is 5.75 Å². The minimum atomic E-state index is -0.911. The highest BCUT2D eigenvalue weighted by atomic mass is 16.6. The maximum atomic E-state index is 12.6. The standard InChI is InChI=1S/C20H16O5/c1-2-23-20(22)18-15(12-8-4-3-5-9-12)16-17(25-18)13-10-6-7-11-14(13)24-19(16)21/h3-11,15,18H,2H2,1H3/t15-,18-/m0/s1. The molecule has 2 heterocycles. The summed E-state index contributed by atoms with van der Waals surface area (Å²) in [6.45, 7) is 1.98. The van der Waals surface area contributed by atoms with Crippen LogP contribution in [0.15, 0.2) is 63.8 Å². The lowest BCUT2D eigenvalue weighted by Crippen LogP contribution is -2.32. The molecule has 0 spiro atoms. The summed E-state index contributed by atoms with van der Waals surface area (Å²) in [5, 5.41) is 0.671. The van der Waals surface area contributed by atoms with Gasteiger partial charge in [-0.05, 0) is 24.6 Å². The molecule has 0 saturated heterocycles. The van der Waals surface area contributed by atoms with E-state index in [9.17, 15) is 9.59 Å². The summed E-state index contributed by atoms with van der Waals surface area (Å²) >= 11 is 0. The van der Waals surface area contributed by atoms with Crippen molar-refractivity contribution in [1.82, 2.24) is 0 Å². The largest absolute Gasteiger partial charge is 0.476 e. The van der Waals surface area contributed by atoms with Gasteiger partial charge >= 0.3 is 11.6 Å². The fraction of sp³-hybridized carbons (Fsp3) is 0.200. The van der Waals surface area contributed by atoms with E-state index in [1.54, 1.807) is 19.1 Å². The van der Waals surface area contributed by atoms with E-state index in [4.69, 9.17) is 13.9 Å². The summed E-state index contributed by atoms with van der Waals surface area (Å²) in [6.07, 6.45) is -0.911. The van der Waals surface area contributed by atoms with Crippen LogP contribution in [0.1, 0.15) is 24.0 Å². The van der Waals surface area contributed by atoms with Gasteiger partial charge < -0.3 is 13.9 Å². The molecule has 5 heteroatoms. The molecule has 1 aliphatic heterocycles. The van der Waals surface area contributed by atoms with Crippen LogP contribution in [0, 0.1) is 0 Å². The highest BCUT2D eigenvalue weighted by Crippen LogP contribution is 2.44. The van der Waals surface area contributed by atoms with Crippen LogP contribution in [0.4, 0.5) is 0 Å². The molecule has 0 aliphatic carbocycles. The van der Waals surface area contributed by atoms with Gasteiger partial charge in [0, 0.05) is 0 Å². The van der Waals surface area contributed by atoms with Gasteiger partial charge in [-0.3, -0.25) is 0 Å². The number of fused-ring (bicyclic) bond motifs is 3. The second kappa shape index (κ2) is 6.09. The van der Waals surface area contributed by atoms with Gasteiger partial charge in [0.15, 0.2) is 0 Å². The van der Waals surface area contributed by atoms with Crippen LogP contribution in [0.25, 0.3) is 11.0 Å².